The van der Waals surface area contributed by atoms with Crippen molar-refractivity contribution in [2.75, 3.05) is 23.7 Å². The van der Waals surface area contributed by atoms with E-state index in [-0.39, 0.29) is 17.9 Å². The number of rotatable bonds is 5. The molecule has 0 spiro atoms. The number of pyridine rings is 1. The Kier molecular flexibility index (Phi) is 5.00. The molecule has 0 radical (unpaired) electrons. The van der Waals surface area contributed by atoms with Gasteiger partial charge in [-0.25, -0.2) is 14.4 Å². The largest absolute Gasteiger partial charge is 0.363 e. The van der Waals surface area contributed by atoms with Crippen LogP contribution in [0.25, 0.3) is 22.0 Å². The van der Waals surface area contributed by atoms with Gasteiger partial charge in [-0.3, -0.25) is 9.78 Å². The lowest BCUT2D eigenvalue weighted by atomic mass is 10.1. The summed E-state index contributed by atoms with van der Waals surface area (Å²) in [4.78, 5) is 25.3. The summed E-state index contributed by atoms with van der Waals surface area (Å²) in [6, 6.07) is 7.53. The lowest BCUT2D eigenvalue weighted by molar-refractivity contribution is -0.117. The minimum absolute atomic E-state index is 0.0340. The van der Waals surface area contributed by atoms with Crippen molar-refractivity contribution in [1.82, 2.24) is 20.3 Å². The molecule has 154 valence electrons. The zero-order chi connectivity index (χ0) is 20.5. The first-order valence-corrected chi connectivity index (χ1v) is 10.3. The summed E-state index contributed by atoms with van der Waals surface area (Å²) in [6.45, 7) is 1.13. The molecule has 1 saturated heterocycles. The normalized spacial score (nSPS) is 21.4. The Bertz CT molecular complexity index is 1090. The van der Waals surface area contributed by atoms with Crippen LogP contribution in [0.3, 0.4) is 0 Å². The number of aromatic nitrogens is 3. The molecule has 0 bridgehead atoms. The summed E-state index contributed by atoms with van der Waals surface area (Å²) >= 11 is 0. The van der Waals surface area contributed by atoms with Crippen molar-refractivity contribution in [2.45, 2.75) is 31.5 Å². The van der Waals surface area contributed by atoms with Crippen molar-refractivity contribution in [1.29, 1.82) is 0 Å². The van der Waals surface area contributed by atoms with Crippen LogP contribution < -0.4 is 16.0 Å². The molecule has 3 N–H and O–H groups in total. The maximum absolute atomic E-state index is 14.1. The van der Waals surface area contributed by atoms with E-state index in [4.69, 9.17) is 0 Å². The standard InChI is InChI=1S/C22H23FN6O/c23-17-10-24-6-5-18(17)27-21-12-25-11-19(28-21)14-3-4-15-9-26-20(8-16(15)7-14)29-22(30)13-1-2-13/h3-4,7-9,11-13,17-18,24H,1-2,5-6,10H2,(H,27,28)(H,26,29,30)/t17-,18-/m0/s1. The molecule has 1 aliphatic heterocycles. The molecule has 3 heterocycles. The Morgan fingerprint density at radius 1 is 1.07 bits per heavy atom. The van der Waals surface area contributed by atoms with Gasteiger partial charge in [-0.05, 0) is 43.3 Å². The molecule has 3 aromatic rings. The van der Waals surface area contributed by atoms with Crippen LogP contribution >= 0.6 is 0 Å². The predicted molar refractivity (Wildman–Crippen MR) is 114 cm³/mol. The van der Waals surface area contributed by atoms with Crippen LogP contribution in [-0.2, 0) is 4.79 Å². The van der Waals surface area contributed by atoms with Crippen molar-refractivity contribution in [3.63, 3.8) is 0 Å². The highest BCUT2D eigenvalue weighted by atomic mass is 19.1. The molecule has 2 aliphatic rings. The van der Waals surface area contributed by atoms with Crippen molar-refractivity contribution >= 4 is 28.3 Å². The van der Waals surface area contributed by atoms with Gasteiger partial charge in [0.25, 0.3) is 0 Å². The number of hydrogen-bond donors (Lipinski definition) is 3. The fourth-order valence-corrected chi connectivity index (χ4v) is 3.69. The molecule has 2 fully saturated rings. The van der Waals surface area contributed by atoms with Crippen LogP contribution in [0.5, 0.6) is 0 Å². The van der Waals surface area contributed by atoms with Crippen LogP contribution in [0.15, 0.2) is 42.9 Å². The van der Waals surface area contributed by atoms with Crippen LogP contribution in [-0.4, -0.2) is 46.2 Å². The summed E-state index contributed by atoms with van der Waals surface area (Å²) in [5.74, 6) is 1.28. The molecular weight excluding hydrogens is 383 g/mol. The van der Waals surface area contributed by atoms with Gasteiger partial charge in [0.15, 0.2) is 0 Å². The number of nitrogens with zero attached hydrogens (tertiary/aromatic N) is 3. The quantitative estimate of drug-likeness (QED) is 0.603. The van der Waals surface area contributed by atoms with Gasteiger partial charge in [0, 0.05) is 29.6 Å². The number of piperidine rings is 1. The molecule has 8 heteroatoms. The highest BCUT2D eigenvalue weighted by Gasteiger charge is 2.29. The summed E-state index contributed by atoms with van der Waals surface area (Å²) < 4.78 is 14.1. The Balaban J connectivity index is 1.38. The van der Waals surface area contributed by atoms with E-state index in [1.54, 1.807) is 18.6 Å². The van der Waals surface area contributed by atoms with Crippen molar-refractivity contribution in [3.05, 3.63) is 42.9 Å². The Morgan fingerprint density at radius 2 is 1.97 bits per heavy atom. The third-order valence-electron chi connectivity index (χ3n) is 5.59. The van der Waals surface area contributed by atoms with Crippen molar-refractivity contribution in [2.24, 2.45) is 5.92 Å². The molecule has 30 heavy (non-hydrogen) atoms. The van der Waals surface area contributed by atoms with E-state index < -0.39 is 6.17 Å². The number of carbonyl (C=O) groups excluding carboxylic acids is 1. The van der Waals surface area contributed by atoms with Crippen LogP contribution in [0, 0.1) is 5.92 Å². The number of nitrogens with one attached hydrogen (secondary N) is 3. The molecular formula is C22H23FN6O. The number of hydrogen-bond acceptors (Lipinski definition) is 6. The summed E-state index contributed by atoms with van der Waals surface area (Å²) in [6.07, 6.45) is 6.71. The third-order valence-corrected chi connectivity index (χ3v) is 5.59. The van der Waals surface area contributed by atoms with Gasteiger partial charge in [0.2, 0.25) is 5.91 Å². The molecule has 1 aliphatic carbocycles. The molecule has 2 atom stereocenters. The van der Waals surface area contributed by atoms with Gasteiger partial charge in [0.1, 0.15) is 17.8 Å². The second kappa shape index (κ2) is 7.95. The molecule has 7 nitrogen and oxygen atoms in total. The lowest BCUT2D eigenvalue weighted by Gasteiger charge is -2.27. The monoisotopic (exact) mass is 406 g/mol. The van der Waals surface area contributed by atoms with Gasteiger partial charge in [0.05, 0.1) is 24.1 Å². The average Bonchev–Trinajstić information content (AvgIpc) is 3.61. The maximum Gasteiger partial charge on any atom is 0.228 e. The van der Waals surface area contributed by atoms with Gasteiger partial charge < -0.3 is 16.0 Å². The van der Waals surface area contributed by atoms with E-state index in [9.17, 15) is 9.18 Å². The third kappa shape index (κ3) is 4.09. The van der Waals surface area contributed by atoms with Crippen LogP contribution in [0.1, 0.15) is 19.3 Å². The molecule has 2 aromatic heterocycles. The number of carbonyl (C=O) groups is 1. The summed E-state index contributed by atoms with van der Waals surface area (Å²) in [7, 11) is 0. The first-order valence-electron chi connectivity index (χ1n) is 10.3. The van der Waals surface area contributed by atoms with Gasteiger partial charge >= 0.3 is 0 Å². The molecule has 5 rings (SSSR count). The van der Waals surface area contributed by atoms with Gasteiger partial charge in [-0.1, -0.05) is 12.1 Å². The number of amides is 1. The van der Waals surface area contributed by atoms with Crippen LogP contribution in [0.4, 0.5) is 16.0 Å². The lowest BCUT2D eigenvalue weighted by Crippen LogP contribution is -2.45. The summed E-state index contributed by atoms with van der Waals surface area (Å²) in [5.41, 5.74) is 1.60. The number of benzene rings is 1. The second-order valence-corrected chi connectivity index (χ2v) is 7.94. The van der Waals surface area contributed by atoms with E-state index >= 15 is 0 Å². The van der Waals surface area contributed by atoms with Gasteiger partial charge in [-0.15, -0.1) is 0 Å². The van der Waals surface area contributed by atoms with E-state index in [1.807, 2.05) is 24.3 Å². The molecule has 1 amide bonds. The number of halogens is 1. The Labute approximate surface area is 173 Å². The topological polar surface area (TPSA) is 91.8 Å². The zero-order valence-electron chi connectivity index (χ0n) is 16.4. The fourth-order valence-electron chi connectivity index (χ4n) is 3.69. The van der Waals surface area contributed by atoms with E-state index in [2.05, 4.69) is 30.9 Å². The smallest absolute Gasteiger partial charge is 0.228 e. The van der Waals surface area contributed by atoms with Gasteiger partial charge in [-0.2, -0.15) is 0 Å². The van der Waals surface area contributed by atoms with E-state index in [0.29, 0.717) is 30.3 Å². The first kappa shape index (κ1) is 18.9. The number of alkyl halides is 1. The van der Waals surface area contributed by atoms with E-state index in [0.717, 1.165) is 35.7 Å². The molecule has 1 aromatic carbocycles. The minimum atomic E-state index is -0.957. The molecule has 0 unspecified atom stereocenters. The van der Waals surface area contributed by atoms with Crippen molar-refractivity contribution in [3.8, 4) is 11.3 Å². The zero-order valence-corrected chi connectivity index (χ0v) is 16.4. The summed E-state index contributed by atoms with van der Waals surface area (Å²) in [5, 5.41) is 11.0. The predicted octanol–water partition coefficient (Wildman–Crippen LogP) is 3.15. The SMILES string of the molecule is O=C(Nc1cc2cc(-c3cncc(N[C@H]4CCNC[C@@H]4F)n3)ccc2cn1)C1CC1. The highest BCUT2D eigenvalue weighted by Crippen LogP contribution is 2.30. The van der Waals surface area contributed by atoms with E-state index in [1.165, 1.54) is 0 Å². The molecule has 1 saturated carbocycles. The Morgan fingerprint density at radius 3 is 2.80 bits per heavy atom. The minimum Gasteiger partial charge on any atom is -0.363 e. The Hall–Kier alpha value is -3.13. The number of anilines is 2. The highest BCUT2D eigenvalue weighted by molar-refractivity contribution is 5.95. The second-order valence-electron chi connectivity index (χ2n) is 7.94. The van der Waals surface area contributed by atoms with Crippen LogP contribution in [0.2, 0.25) is 0 Å². The van der Waals surface area contributed by atoms with Crippen molar-refractivity contribution < 1.29 is 9.18 Å². The fraction of sp³-hybridized carbons (Fsp3) is 0.364. The average molecular weight is 406 g/mol. The number of fused-ring (bicyclic) bond motifs is 1. The first-order chi connectivity index (χ1) is 14.7. The maximum atomic E-state index is 14.1.